The van der Waals surface area contributed by atoms with Crippen LogP contribution in [-0.2, 0) is 0 Å². The summed E-state index contributed by atoms with van der Waals surface area (Å²) in [5.41, 5.74) is 3.81. The summed E-state index contributed by atoms with van der Waals surface area (Å²) >= 11 is 0. The summed E-state index contributed by atoms with van der Waals surface area (Å²) in [6.45, 7) is 6.10. The number of rotatable bonds is 3. The number of hydrogen-bond donors (Lipinski definition) is 1. The Balaban J connectivity index is 2.41. The fourth-order valence-electron chi connectivity index (χ4n) is 1.95. The summed E-state index contributed by atoms with van der Waals surface area (Å²) in [5.74, 6) is 0.306. The van der Waals surface area contributed by atoms with Crippen LogP contribution in [0.4, 0.5) is 5.69 Å². The zero-order valence-corrected chi connectivity index (χ0v) is 12.4. The van der Waals surface area contributed by atoms with Crippen LogP contribution in [0.2, 0.25) is 0 Å². The molecule has 0 aliphatic rings. The van der Waals surface area contributed by atoms with E-state index >= 15 is 0 Å². The molecule has 1 atom stereocenters. The van der Waals surface area contributed by atoms with Crippen molar-refractivity contribution in [3.05, 3.63) is 53.1 Å². The Hall–Kier alpha value is -1.66. The molecule has 1 N–H and O–H groups in total. The maximum absolute atomic E-state index is 9.98. The molecule has 2 aromatic carbocycles. The third-order valence-corrected chi connectivity index (χ3v) is 4.05. The van der Waals surface area contributed by atoms with E-state index in [2.05, 4.69) is 36.8 Å². The Morgan fingerprint density at radius 3 is 2.47 bits per heavy atom. The van der Waals surface area contributed by atoms with Gasteiger partial charge in [0.2, 0.25) is 0 Å². The van der Waals surface area contributed by atoms with Crippen LogP contribution in [0.3, 0.4) is 0 Å². The highest BCUT2D eigenvalue weighted by Gasteiger charge is 2.04. The Kier molecular flexibility index (Phi) is 4.34. The highest BCUT2D eigenvalue weighted by molar-refractivity contribution is 7.46. The molecule has 2 nitrogen and oxygen atoms in total. The molecule has 98 valence electrons. The van der Waals surface area contributed by atoms with E-state index in [1.165, 1.54) is 5.30 Å². The van der Waals surface area contributed by atoms with Crippen molar-refractivity contribution in [2.24, 2.45) is 4.99 Å². The second-order valence-electron chi connectivity index (χ2n) is 4.49. The largest absolute Gasteiger partial charge is 0.507 e. The fourth-order valence-corrected chi connectivity index (χ4v) is 2.71. The zero-order valence-electron chi connectivity index (χ0n) is 11.4. The minimum atomic E-state index is 0.306. The lowest BCUT2D eigenvalue weighted by Gasteiger charge is -2.07. The first-order valence-corrected chi connectivity index (χ1v) is 7.73. The van der Waals surface area contributed by atoms with Gasteiger partial charge >= 0.3 is 0 Å². The van der Waals surface area contributed by atoms with E-state index in [1.54, 1.807) is 6.21 Å². The molecule has 0 saturated heterocycles. The van der Waals surface area contributed by atoms with Crippen LogP contribution >= 0.6 is 8.58 Å². The molecule has 2 aromatic rings. The molecule has 0 saturated carbocycles. The van der Waals surface area contributed by atoms with Gasteiger partial charge in [-0.3, -0.25) is 4.99 Å². The number of aryl methyl sites for hydroxylation is 2. The summed E-state index contributed by atoms with van der Waals surface area (Å²) in [6.07, 6.45) is 1.74. The Morgan fingerprint density at radius 2 is 1.74 bits per heavy atom. The lowest BCUT2D eigenvalue weighted by atomic mass is 10.1. The van der Waals surface area contributed by atoms with E-state index in [9.17, 15) is 5.11 Å². The van der Waals surface area contributed by atoms with Gasteiger partial charge in [-0.25, -0.2) is 0 Å². The van der Waals surface area contributed by atoms with Crippen molar-refractivity contribution in [3.63, 3.8) is 0 Å². The van der Waals surface area contributed by atoms with Gasteiger partial charge in [-0.05, 0) is 43.0 Å². The zero-order chi connectivity index (χ0) is 13.8. The first-order chi connectivity index (χ1) is 9.13. The first-order valence-electron chi connectivity index (χ1n) is 6.23. The van der Waals surface area contributed by atoms with E-state index < -0.39 is 0 Å². The second kappa shape index (κ2) is 5.99. The number of hydrogen-bond acceptors (Lipinski definition) is 2. The number of para-hydroxylation sites is 2. The summed E-state index contributed by atoms with van der Waals surface area (Å²) in [4.78, 5) is 4.57. The fraction of sp³-hybridized carbons (Fsp3) is 0.188. The number of aliphatic imine (C=N–C) groups is 1. The van der Waals surface area contributed by atoms with E-state index in [1.807, 2.05) is 25.1 Å². The van der Waals surface area contributed by atoms with Gasteiger partial charge in [-0.15, -0.1) is 0 Å². The third-order valence-electron chi connectivity index (χ3n) is 3.11. The Labute approximate surface area is 116 Å². The van der Waals surface area contributed by atoms with Crippen molar-refractivity contribution < 1.29 is 5.11 Å². The van der Waals surface area contributed by atoms with Crippen molar-refractivity contribution in [2.45, 2.75) is 13.8 Å². The van der Waals surface area contributed by atoms with Gasteiger partial charge in [0.1, 0.15) is 5.75 Å². The van der Waals surface area contributed by atoms with Gasteiger partial charge in [-0.1, -0.05) is 38.9 Å². The molecule has 0 aromatic heterocycles. The average molecular weight is 271 g/mol. The molecule has 2 rings (SSSR count). The van der Waals surface area contributed by atoms with Crippen LogP contribution in [0.15, 0.2) is 41.4 Å². The molecule has 0 fully saturated rings. The smallest absolute Gasteiger partial charge is 0.127 e. The van der Waals surface area contributed by atoms with Crippen LogP contribution in [0.1, 0.15) is 16.7 Å². The lowest BCUT2D eigenvalue weighted by Crippen LogP contribution is -1.96. The second-order valence-corrected chi connectivity index (χ2v) is 5.53. The van der Waals surface area contributed by atoms with Crippen LogP contribution in [-0.4, -0.2) is 18.0 Å². The minimum Gasteiger partial charge on any atom is -0.507 e. The lowest BCUT2D eigenvalue weighted by molar-refractivity contribution is 0.470. The van der Waals surface area contributed by atoms with Gasteiger partial charge in [0.05, 0.1) is 5.69 Å². The predicted octanol–water partition coefficient (Wildman–Crippen LogP) is 3.69. The molecule has 0 bridgehead atoms. The molecule has 0 radical (unpaired) electrons. The van der Waals surface area contributed by atoms with Gasteiger partial charge < -0.3 is 5.11 Å². The van der Waals surface area contributed by atoms with E-state index in [0.717, 1.165) is 22.4 Å². The van der Waals surface area contributed by atoms with Crippen LogP contribution in [0.5, 0.6) is 5.75 Å². The molecular formula is C16H18NOP. The highest BCUT2D eigenvalue weighted by atomic mass is 31.1. The predicted molar refractivity (Wildman–Crippen MR) is 85.1 cm³/mol. The van der Waals surface area contributed by atoms with E-state index in [4.69, 9.17) is 0 Å². The number of phenols is 1. The quantitative estimate of drug-likeness (QED) is 0.670. The maximum Gasteiger partial charge on any atom is 0.127 e. The van der Waals surface area contributed by atoms with Gasteiger partial charge in [0, 0.05) is 11.8 Å². The van der Waals surface area contributed by atoms with Crippen molar-refractivity contribution in [3.8, 4) is 5.75 Å². The minimum absolute atomic E-state index is 0.306. The molecule has 0 spiro atoms. The molecule has 19 heavy (non-hydrogen) atoms. The molecule has 0 amide bonds. The van der Waals surface area contributed by atoms with Crippen LogP contribution in [0, 0.1) is 13.8 Å². The maximum atomic E-state index is 9.98. The molecular weight excluding hydrogens is 253 g/mol. The average Bonchev–Trinajstić information content (AvgIpc) is 2.41. The van der Waals surface area contributed by atoms with Crippen LogP contribution < -0.4 is 5.30 Å². The first kappa shape index (κ1) is 13.8. The van der Waals surface area contributed by atoms with Gasteiger partial charge in [-0.2, -0.15) is 0 Å². The normalized spacial score (nSPS) is 11.7. The van der Waals surface area contributed by atoms with Crippen molar-refractivity contribution in [1.29, 1.82) is 0 Å². The molecule has 0 aliphatic heterocycles. The molecule has 1 unspecified atom stereocenters. The summed E-state index contributed by atoms with van der Waals surface area (Å²) in [6, 6.07) is 11.9. The number of aromatic hydroxyl groups is 1. The monoisotopic (exact) mass is 271 g/mol. The standard InChI is InChI=1S/C16H18NOP/c1-11-6-5-9-14(19-3)15(11)17-10-13-8-4-7-12(2)16(13)18/h4-10,18-19H,1-3H3. The Morgan fingerprint density at radius 1 is 1.05 bits per heavy atom. The van der Waals surface area contributed by atoms with Gasteiger partial charge in [0.15, 0.2) is 0 Å². The molecule has 0 aliphatic carbocycles. The third kappa shape index (κ3) is 3.02. The summed E-state index contributed by atoms with van der Waals surface area (Å²) in [7, 11) is 0.711. The van der Waals surface area contributed by atoms with Gasteiger partial charge in [0.25, 0.3) is 0 Å². The van der Waals surface area contributed by atoms with E-state index in [-0.39, 0.29) is 0 Å². The number of nitrogens with zero attached hydrogens (tertiary/aromatic N) is 1. The van der Waals surface area contributed by atoms with Crippen molar-refractivity contribution in [2.75, 3.05) is 6.66 Å². The summed E-state index contributed by atoms with van der Waals surface area (Å²) < 4.78 is 0. The molecule has 0 heterocycles. The SMILES string of the molecule is CPc1cccc(C)c1N=Cc1cccc(C)c1O. The topological polar surface area (TPSA) is 32.6 Å². The van der Waals surface area contributed by atoms with Crippen molar-refractivity contribution >= 4 is 25.8 Å². The number of phenolic OH excluding ortho intramolecular Hbond substituents is 1. The highest BCUT2D eigenvalue weighted by Crippen LogP contribution is 2.24. The van der Waals surface area contributed by atoms with E-state index in [0.29, 0.717) is 14.3 Å². The summed E-state index contributed by atoms with van der Waals surface area (Å²) in [5, 5.41) is 11.2. The van der Waals surface area contributed by atoms with Crippen molar-refractivity contribution in [1.82, 2.24) is 0 Å². The molecule has 3 heteroatoms. The van der Waals surface area contributed by atoms with Crippen LogP contribution in [0.25, 0.3) is 0 Å². The number of benzene rings is 2. The Bertz CT molecular complexity index is 620.